The molecular weight excluding hydrogens is 434 g/mol. The second kappa shape index (κ2) is 9.06. The normalized spacial score (nSPS) is 16.3. The molecule has 0 saturated heterocycles. The minimum Gasteiger partial charge on any atom is -0.503 e. The fourth-order valence-corrected chi connectivity index (χ4v) is 4.16. The first-order valence-corrected chi connectivity index (χ1v) is 10.4. The zero-order valence-electron chi connectivity index (χ0n) is 17.6. The molecule has 7 nitrogen and oxygen atoms in total. The highest BCUT2D eigenvalue weighted by Gasteiger charge is 2.44. The topological polar surface area (TPSA) is 89.2 Å². The number of carbonyl (C=O) groups is 2. The monoisotopic (exact) mass is 455 g/mol. The summed E-state index contributed by atoms with van der Waals surface area (Å²) in [5.41, 5.74) is 0.982. The van der Waals surface area contributed by atoms with Crippen LogP contribution in [0.25, 0.3) is 11.0 Å². The van der Waals surface area contributed by atoms with Crippen molar-refractivity contribution in [2.75, 3.05) is 27.4 Å². The van der Waals surface area contributed by atoms with E-state index in [0.717, 1.165) is 0 Å². The van der Waals surface area contributed by atoms with Gasteiger partial charge in [0.1, 0.15) is 0 Å². The molecule has 1 unspecified atom stereocenters. The minimum absolute atomic E-state index is 0.00428. The zero-order valence-corrected chi connectivity index (χ0v) is 18.4. The maximum Gasteiger partial charge on any atom is 0.290 e. The van der Waals surface area contributed by atoms with Crippen LogP contribution in [0.15, 0.2) is 64.3 Å². The second-order valence-corrected chi connectivity index (χ2v) is 7.82. The molecule has 3 aromatic rings. The molecule has 1 atom stereocenters. The molecule has 166 valence electrons. The number of benzene rings is 2. The van der Waals surface area contributed by atoms with Gasteiger partial charge in [0.2, 0.25) is 5.78 Å². The maximum atomic E-state index is 13.5. The molecule has 0 bridgehead atoms. The van der Waals surface area contributed by atoms with Crippen LogP contribution in [0.2, 0.25) is 5.02 Å². The third kappa shape index (κ3) is 3.85. The number of furan rings is 1. The molecule has 4 rings (SSSR count). The number of nitrogens with zero attached hydrogens (tertiary/aromatic N) is 1. The lowest BCUT2D eigenvalue weighted by atomic mass is 9.95. The Balaban J connectivity index is 1.79. The Labute approximate surface area is 189 Å². The van der Waals surface area contributed by atoms with Gasteiger partial charge in [-0.05, 0) is 36.2 Å². The van der Waals surface area contributed by atoms with Gasteiger partial charge in [-0.3, -0.25) is 9.59 Å². The van der Waals surface area contributed by atoms with E-state index in [0.29, 0.717) is 46.9 Å². The molecule has 1 aliphatic heterocycles. The van der Waals surface area contributed by atoms with Gasteiger partial charge in [0.05, 0.1) is 18.7 Å². The third-order valence-electron chi connectivity index (χ3n) is 5.41. The van der Waals surface area contributed by atoms with Crippen LogP contribution >= 0.6 is 11.6 Å². The SMILES string of the molecule is COCCCN1C(=O)C(O)=C(C(=O)c2cc3cccc(OC)c3o2)C1c1cccc(Cl)c1. The summed E-state index contributed by atoms with van der Waals surface area (Å²) in [7, 11) is 3.08. The fourth-order valence-electron chi connectivity index (χ4n) is 3.96. The molecule has 2 heterocycles. The number of aliphatic hydroxyl groups is 1. The summed E-state index contributed by atoms with van der Waals surface area (Å²) in [4.78, 5) is 27.9. The number of fused-ring (bicyclic) bond motifs is 1. The van der Waals surface area contributed by atoms with Crippen LogP contribution in [0.5, 0.6) is 5.75 Å². The van der Waals surface area contributed by atoms with Crippen molar-refractivity contribution in [3.63, 3.8) is 0 Å². The molecule has 0 saturated carbocycles. The van der Waals surface area contributed by atoms with Gasteiger partial charge in [0, 0.05) is 30.7 Å². The Morgan fingerprint density at radius 2 is 1.97 bits per heavy atom. The van der Waals surface area contributed by atoms with E-state index in [9.17, 15) is 14.7 Å². The van der Waals surface area contributed by atoms with Crippen molar-refractivity contribution in [2.24, 2.45) is 0 Å². The van der Waals surface area contributed by atoms with Crippen LogP contribution < -0.4 is 4.74 Å². The number of ketones is 1. The summed E-state index contributed by atoms with van der Waals surface area (Å²) in [6, 6.07) is 12.9. The number of aliphatic hydroxyl groups excluding tert-OH is 1. The molecule has 1 aliphatic rings. The van der Waals surface area contributed by atoms with Crippen LogP contribution in [0, 0.1) is 0 Å². The first-order valence-electron chi connectivity index (χ1n) is 10.1. The number of methoxy groups -OCH3 is 2. The van der Waals surface area contributed by atoms with Crippen LogP contribution in [-0.4, -0.2) is 49.1 Å². The number of Topliss-reactive ketones (excluding diaryl/α,β-unsaturated/α-hetero) is 1. The average molecular weight is 456 g/mol. The summed E-state index contributed by atoms with van der Waals surface area (Å²) < 4.78 is 16.2. The molecule has 32 heavy (non-hydrogen) atoms. The Hall–Kier alpha value is -3.29. The van der Waals surface area contributed by atoms with Gasteiger partial charge in [0.15, 0.2) is 22.9 Å². The first kappa shape index (κ1) is 21.9. The number of hydrogen-bond acceptors (Lipinski definition) is 6. The largest absolute Gasteiger partial charge is 0.503 e. The van der Waals surface area contributed by atoms with Gasteiger partial charge >= 0.3 is 0 Å². The van der Waals surface area contributed by atoms with E-state index in [4.69, 9.17) is 25.5 Å². The molecule has 8 heteroatoms. The lowest BCUT2D eigenvalue weighted by molar-refractivity contribution is -0.129. The van der Waals surface area contributed by atoms with E-state index in [1.807, 2.05) is 0 Å². The zero-order chi connectivity index (χ0) is 22.8. The Bertz CT molecular complexity index is 1210. The molecule has 0 spiro atoms. The van der Waals surface area contributed by atoms with E-state index in [-0.39, 0.29) is 11.3 Å². The standard InChI is InChI=1S/C24H22ClNO6/c1-30-11-5-10-26-20(14-6-3-8-16(25)12-14)19(22(28)24(26)29)21(27)18-13-15-7-4-9-17(31-2)23(15)32-18/h3-4,6-9,12-13,20,28H,5,10-11H2,1-2H3. The summed E-state index contributed by atoms with van der Waals surface area (Å²) in [5, 5.41) is 11.9. The number of carbonyl (C=O) groups excluding carboxylic acids is 2. The number of ether oxygens (including phenoxy) is 2. The number of amides is 1. The van der Waals surface area contributed by atoms with Crippen molar-refractivity contribution in [1.82, 2.24) is 4.90 Å². The van der Waals surface area contributed by atoms with Crippen molar-refractivity contribution < 1.29 is 28.6 Å². The number of para-hydroxylation sites is 1. The van der Waals surface area contributed by atoms with Gasteiger partial charge in [-0.25, -0.2) is 0 Å². The quantitative estimate of drug-likeness (QED) is 0.391. The van der Waals surface area contributed by atoms with E-state index < -0.39 is 23.5 Å². The molecular formula is C24H22ClNO6. The molecule has 1 N–H and O–H groups in total. The Morgan fingerprint density at radius 3 is 2.69 bits per heavy atom. The van der Waals surface area contributed by atoms with Crippen molar-refractivity contribution in [2.45, 2.75) is 12.5 Å². The molecule has 1 aromatic heterocycles. The predicted octanol–water partition coefficient (Wildman–Crippen LogP) is 4.71. The molecule has 0 aliphatic carbocycles. The van der Waals surface area contributed by atoms with Gasteiger partial charge < -0.3 is 23.9 Å². The van der Waals surface area contributed by atoms with E-state index >= 15 is 0 Å². The van der Waals surface area contributed by atoms with Crippen LogP contribution in [0.4, 0.5) is 0 Å². The van der Waals surface area contributed by atoms with E-state index in [2.05, 4.69) is 0 Å². The fraction of sp³-hybridized carbons (Fsp3) is 0.250. The summed E-state index contributed by atoms with van der Waals surface area (Å²) in [6.45, 7) is 0.720. The van der Waals surface area contributed by atoms with Crippen molar-refractivity contribution in [1.29, 1.82) is 0 Å². The van der Waals surface area contributed by atoms with Gasteiger partial charge in [0.25, 0.3) is 5.91 Å². The lowest BCUT2D eigenvalue weighted by Crippen LogP contribution is -2.32. The van der Waals surface area contributed by atoms with Gasteiger partial charge in [-0.2, -0.15) is 0 Å². The highest BCUT2D eigenvalue weighted by molar-refractivity contribution is 6.30. The summed E-state index contributed by atoms with van der Waals surface area (Å²) >= 11 is 6.18. The number of halogens is 1. The smallest absolute Gasteiger partial charge is 0.290 e. The molecule has 1 amide bonds. The van der Waals surface area contributed by atoms with E-state index in [1.165, 1.54) is 12.0 Å². The highest BCUT2D eigenvalue weighted by atomic mass is 35.5. The van der Waals surface area contributed by atoms with Gasteiger partial charge in [-0.15, -0.1) is 0 Å². The first-order chi connectivity index (χ1) is 15.5. The molecule has 0 radical (unpaired) electrons. The number of hydrogen-bond donors (Lipinski definition) is 1. The molecule has 0 fully saturated rings. The van der Waals surface area contributed by atoms with Crippen molar-refractivity contribution in [3.8, 4) is 5.75 Å². The third-order valence-corrected chi connectivity index (χ3v) is 5.65. The van der Waals surface area contributed by atoms with Crippen LogP contribution in [-0.2, 0) is 9.53 Å². The average Bonchev–Trinajstić information content (AvgIpc) is 3.33. The number of rotatable bonds is 8. The van der Waals surface area contributed by atoms with Crippen molar-refractivity contribution in [3.05, 3.63) is 76.2 Å². The maximum absolute atomic E-state index is 13.5. The van der Waals surface area contributed by atoms with E-state index in [1.54, 1.807) is 55.6 Å². The minimum atomic E-state index is -0.805. The Morgan fingerprint density at radius 1 is 1.19 bits per heavy atom. The predicted molar refractivity (Wildman–Crippen MR) is 119 cm³/mol. The lowest BCUT2D eigenvalue weighted by Gasteiger charge is -2.26. The summed E-state index contributed by atoms with van der Waals surface area (Å²) in [6.07, 6.45) is 0.538. The van der Waals surface area contributed by atoms with Crippen molar-refractivity contribution >= 4 is 34.3 Å². The van der Waals surface area contributed by atoms with Crippen LogP contribution in [0.1, 0.15) is 28.6 Å². The second-order valence-electron chi connectivity index (χ2n) is 7.38. The van der Waals surface area contributed by atoms with Gasteiger partial charge in [-0.1, -0.05) is 35.9 Å². The summed E-state index contributed by atoms with van der Waals surface area (Å²) in [5.74, 6) is -1.30. The highest BCUT2D eigenvalue weighted by Crippen LogP contribution is 2.40. The molecule has 2 aromatic carbocycles. The van der Waals surface area contributed by atoms with Crippen LogP contribution in [0.3, 0.4) is 0 Å². The Kier molecular flexibility index (Phi) is 6.21.